The minimum atomic E-state index is 0.208. The van der Waals surface area contributed by atoms with E-state index in [1.807, 2.05) is 24.3 Å². The van der Waals surface area contributed by atoms with Crippen LogP contribution in [0.2, 0.25) is 0 Å². The predicted octanol–water partition coefficient (Wildman–Crippen LogP) is 3.56. The molecule has 0 saturated carbocycles. The number of hydrogen-bond donors (Lipinski definition) is 2. The first-order chi connectivity index (χ1) is 9.63. The average Bonchev–Trinajstić information content (AvgIpc) is 2.46. The molecule has 2 N–H and O–H groups in total. The molecule has 0 fully saturated rings. The lowest BCUT2D eigenvalue weighted by atomic mass is 10.0. The Morgan fingerprint density at radius 2 is 1.90 bits per heavy atom. The summed E-state index contributed by atoms with van der Waals surface area (Å²) in [4.78, 5) is 0. The number of nitrogens with one attached hydrogen (secondary N) is 1. The first kappa shape index (κ1) is 14.4. The minimum absolute atomic E-state index is 0.208. The van der Waals surface area contributed by atoms with Crippen LogP contribution >= 0.6 is 0 Å². The van der Waals surface area contributed by atoms with Gasteiger partial charge in [0.2, 0.25) is 0 Å². The molecule has 0 aliphatic rings. The SMILES string of the molecule is COc1cccc(CN[C@@H](C)c2ccccc2C)c1O. The van der Waals surface area contributed by atoms with Crippen molar-refractivity contribution in [1.29, 1.82) is 0 Å². The molecule has 0 aliphatic carbocycles. The molecule has 106 valence electrons. The van der Waals surface area contributed by atoms with Gasteiger partial charge in [0.1, 0.15) is 0 Å². The largest absolute Gasteiger partial charge is 0.504 e. The average molecular weight is 271 g/mol. The van der Waals surface area contributed by atoms with E-state index in [4.69, 9.17) is 4.74 Å². The molecule has 3 heteroatoms. The van der Waals surface area contributed by atoms with Gasteiger partial charge in [-0.3, -0.25) is 0 Å². The van der Waals surface area contributed by atoms with Crippen molar-refractivity contribution in [2.24, 2.45) is 0 Å². The van der Waals surface area contributed by atoms with Gasteiger partial charge in [-0.2, -0.15) is 0 Å². The van der Waals surface area contributed by atoms with E-state index in [-0.39, 0.29) is 11.8 Å². The topological polar surface area (TPSA) is 41.5 Å². The van der Waals surface area contributed by atoms with Crippen LogP contribution in [-0.4, -0.2) is 12.2 Å². The van der Waals surface area contributed by atoms with E-state index in [1.54, 1.807) is 13.2 Å². The van der Waals surface area contributed by atoms with Gasteiger partial charge >= 0.3 is 0 Å². The Morgan fingerprint density at radius 3 is 2.60 bits per heavy atom. The van der Waals surface area contributed by atoms with Gasteiger partial charge in [0.25, 0.3) is 0 Å². The lowest BCUT2D eigenvalue weighted by Crippen LogP contribution is -2.19. The fourth-order valence-corrected chi connectivity index (χ4v) is 2.32. The fraction of sp³-hybridized carbons (Fsp3) is 0.294. The summed E-state index contributed by atoms with van der Waals surface area (Å²) in [7, 11) is 1.56. The number of hydrogen-bond acceptors (Lipinski definition) is 3. The molecule has 0 radical (unpaired) electrons. The Labute approximate surface area is 120 Å². The quantitative estimate of drug-likeness (QED) is 0.873. The smallest absolute Gasteiger partial charge is 0.162 e. The summed E-state index contributed by atoms with van der Waals surface area (Å²) >= 11 is 0. The summed E-state index contributed by atoms with van der Waals surface area (Å²) in [5.41, 5.74) is 3.38. The Bertz CT molecular complexity index is 581. The van der Waals surface area contributed by atoms with Crippen molar-refractivity contribution in [3.63, 3.8) is 0 Å². The zero-order valence-electron chi connectivity index (χ0n) is 12.2. The van der Waals surface area contributed by atoms with Crippen LogP contribution in [0.15, 0.2) is 42.5 Å². The van der Waals surface area contributed by atoms with Gasteiger partial charge in [0, 0.05) is 18.2 Å². The molecular formula is C17H21NO2. The maximum atomic E-state index is 10.1. The molecule has 0 bridgehead atoms. The number of phenols is 1. The van der Waals surface area contributed by atoms with Crippen molar-refractivity contribution in [3.8, 4) is 11.5 Å². The van der Waals surface area contributed by atoms with Crippen molar-refractivity contribution in [2.75, 3.05) is 7.11 Å². The molecule has 1 atom stereocenters. The summed E-state index contributed by atoms with van der Waals surface area (Å²) in [6.07, 6.45) is 0. The first-order valence-corrected chi connectivity index (χ1v) is 6.77. The van der Waals surface area contributed by atoms with Gasteiger partial charge in [-0.15, -0.1) is 0 Å². The van der Waals surface area contributed by atoms with E-state index in [0.29, 0.717) is 12.3 Å². The molecule has 0 unspecified atom stereocenters. The Kier molecular flexibility index (Phi) is 4.64. The Balaban J connectivity index is 2.08. The Morgan fingerprint density at radius 1 is 1.15 bits per heavy atom. The van der Waals surface area contributed by atoms with E-state index >= 15 is 0 Å². The number of ether oxygens (including phenoxy) is 1. The number of aromatic hydroxyl groups is 1. The minimum Gasteiger partial charge on any atom is -0.504 e. The molecule has 0 amide bonds. The molecule has 2 aromatic rings. The first-order valence-electron chi connectivity index (χ1n) is 6.77. The molecule has 0 heterocycles. The number of aryl methyl sites for hydroxylation is 1. The number of rotatable bonds is 5. The lowest BCUT2D eigenvalue weighted by Gasteiger charge is -2.17. The zero-order valence-corrected chi connectivity index (χ0v) is 12.2. The van der Waals surface area contributed by atoms with Crippen LogP contribution in [-0.2, 0) is 6.54 Å². The monoisotopic (exact) mass is 271 g/mol. The van der Waals surface area contributed by atoms with Crippen molar-refractivity contribution in [1.82, 2.24) is 5.32 Å². The highest BCUT2D eigenvalue weighted by molar-refractivity contribution is 5.45. The van der Waals surface area contributed by atoms with E-state index in [0.717, 1.165) is 5.56 Å². The normalized spacial score (nSPS) is 12.2. The molecule has 0 spiro atoms. The predicted molar refractivity (Wildman–Crippen MR) is 81.1 cm³/mol. The third-order valence-corrected chi connectivity index (χ3v) is 3.56. The van der Waals surface area contributed by atoms with Crippen LogP contribution in [0.1, 0.15) is 29.7 Å². The number of benzene rings is 2. The second-order valence-electron chi connectivity index (χ2n) is 4.93. The summed E-state index contributed by atoms with van der Waals surface area (Å²) in [6.45, 7) is 4.83. The standard InChI is InChI=1S/C17H21NO2/c1-12-7-4-5-9-15(12)13(2)18-11-14-8-6-10-16(20-3)17(14)19/h4-10,13,18-19H,11H2,1-3H3/t13-/m0/s1. The van der Waals surface area contributed by atoms with Crippen molar-refractivity contribution in [3.05, 3.63) is 59.2 Å². The highest BCUT2D eigenvalue weighted by Crippen LogP contribution is 2.29. The van der Waals surface area contributed by atoms with E-state index in [2.05, 4.69) is 31.3 Å². The third-order valence-electron chi connectivity index (χ3n) is 3.56. The van der Waals surface area contributed by atoms with Crippen LogP contribution in [0.25, 0.3) is 0 Å². The van der Waals surface area contributed by atoms with E-state index in [1.165, 1.54) is 11.1 Å². The highest BCUT2D eigenvalue weighted by atomic mass is 16.5. The van der Waals surface area contributed by atoms with E-state index in [9.17, 15) is 5.11 Å². The second kappa shape index (κ2) is 6.44. The lowest BCUT2D eigenvalue weighted by molar-refractivity contribution is 0.369. The maximum absolute atomic E-state index is 10.1. The maximum Gasteiger partial charge on any atom is 0.162 e. The van der Waals surface area contributed by atoms with Crippen LogP contribution in [0, 0.1) is 6.92 Å². The van der Waals surface area contributed by atoms with Gasteiger partial charge in [0.15, 0.2) is 11.5 Å². The molecule has 3 nitrogen and oxygen atoms in total. The van der Waals surface area contributed by atoms with Gasteiger partial charge in [-0.25, -0.2) is 0 Å². The van der Waals surface area contributed by atoms with Gasteiger partial charge < -0.3 is 15.2 Å². The third kappa shape index (κ3) is 3.11. The van der Waals surface area contributed by atoms with Crippen LogP contribution in [0.3, 0.4) is 0 Å². The summed E-state index contributed by atoms with van der Waals surface area (Å²) < 4.78 is 5.12. The van der Waals surface area contributed by atoms with Gasteiger partial charge in [0.05, 0.1) is 7.11 Å². The molecule has 2 rings (SSSR count). The molecule has 0 saturated heterocycles. The summed E-state index contributed by atoms with van der Waals surface area (Å²) in [6, 6.07) is 14.1. The molecule has 2 aromatic carbocycles. The summed E-state index contributed by atoms with van der Waals surface area (Å²) in [5.74, 6) is 0.715. The van der Waals surface area contributed by atoms with Crippen LogP contribution < -0.4 is 10.1 Å². The fourth-order valence-electron chi connectivity index (χ4n) is 2.32. The van der Waals surface area contributed by atoms with Crippen molar-refractivity contribution < 1.29 is 9.84 Å². The molecule has 0 aromatic heterocycles. The zero-order chi connectivity index (χ0) is 14.5. The second-order valence-corrected chi connectivity index (χ2v) is 4.93. The van der Waals surface area contributed by atoms with Crippen LogP contribution in [0.5, 0.6) is 11.5 Å². The van der Waals surface area contributed by atoms with E-state index < -0.39 is 0 Å². The number of methoxy groups -OCH3 is 1. The Hall–Kier alpha value is -2.00. The van der Waals surface area contributed by atoms with Crippen molar-refractivity contribution >= 4 is 0 Å². The van der Waals surface area contributed by atoms with Gasteiger partial charge in [-0.1, -0.05) is 36.4 Å². The highest BCUT2D eigenvalue weighted by Gasteiger charge is 2.10. The molecular weight excluding hydrogens is 250 g/mol. The molecule has 20 heavy (non-hydrogen) atoms. The summed E-state index contributed by atoms with van der Waals surface area (Å²) in [5, 5.41) is 13.5. The molecule has 0 aliphatic heterocycles. The van der Waals surface area contributed by atoms with Crippen molar-refractivity contribution in [2.45, 2.75) is 26.4 Å². The number of para-hydroxylation sites is 1. The van der Waals surface area contributed by atoms with Gasteiger partial charge in [-0.05, 0) is 31.0 Å². The van der Waals surface area contributed by atoms with Crippen LogP contribution in [0.4, 0.5) is 0 Å². The number of phenolic OH excluding ortho intramolecular Hbond substituents is 1.